The van der Waals surface area contributed by atoms with E-state index < -0.39 is 0 Å². The fraction of sp³-hybridized carbons (Fsp3) is 1.00. The molecular formula is C15H30OS. The maximum atomic E-state index is 9.72. The first-order valence-corrected chi connectivity index (χ1v) is 8.27. The Hall–Kier alpha value is 0.310. The Kier molecular flexibility index (Phi) is 5.85. The van der Waals surface area contributed by atoms with Gasteiger partial charge >= 0.3 is 0 Å². The number of hydrogen-bond donors (Lipinski definition) is 1. The fourth-order valence-electron chi connectivity index (χ4n) is 3.02. The van der Waals surface area contributed by atoms with Crippen LogP contribution in [0.1, 0.15) is 59.8 Å². The van der Waals surface area contributed by atoms with Crippen LogP contribution in [0, 0.1) is 16.7 Å². The summed E-state index contributed by atoms with van der Waals surface area (Å²) in [5, 5.41) is 9.72. The van der Waals surface area contributed by atoms with Crippen LogP contribution in [-0.4, -0.2) is 23.2 Å². The topological polar surface area (TPSA) is 20.2 Å². The Morgan fingerprint density at radius 1 is 1.24 bits per heavy atom. The molecule has 1 rings (SSSR count). The average molecular weight is 258 g/mol. The molecule has 0 unspecified atom stereocenters. The van der Waals surface area contributed by atoms with Gasteiger partial charge in [0, 0.05) is 6.61 Å². The van der Waals surface area contributed by atoms with E-state index in [9.17, 15) is 5.11 Å². The largest absolute Gasteiger partial charge is 0.396 e. The molecule has 0 atom stereocenters. The number of hydrogen-bond acceptors (Lipinski definition) is 2. The van der Waals surface area contributed by atoms with Crippen LogP contribution in [0.15, 0.2) is 0 Å². The Bertz CT molecular complexity index is 211. The molecule has 0 aromatic carbocycles. The molecule has 1 nitrogen and oxygen atoms in total. The summed E-state index contributed by atoms with van der Waals surface area (Å²) in [5.41, 5.74) is 0.698. The predicted molar refractivity (Wildman–Crippen MR) is 78.5 cm³/mol. The van der Waals surface area contributed by atoms with Crippen molar-refractivity contribution in [1.82, 2.24) is 0 Å². The molecule has 0 aromatic heterocycles. The zero-order valence-electron chi connectivity index (χ0n) is 12.1. The summed E-state index contributed by atoms with van der Waals surface area (Å²) in [6, 6.07) is 0. The molecule has 0 amide bonds. The van der Waals surface area contributed by atoms with Crippen molar-refractivity contribution in [3.05, 3.63) is 0 Å². The number of thioether (sulfide) groups is 1. The fourth-order valence-corrected chi connectivity index (χ4v) is 3.88. The van der Waals surface area contributed by atoms with Gasteiger partial charge in [-0.25, -0.2) is 0 Å². The third-order valence-electron chi connectivity index (χ3n) is 4.59. The van der Waals surface area contributed by atoms with Gasteiger partial charge in [0.15, 0.2) is 0 Å². The Labute approximate surface area is 112 Å². The quantitative estimate of drug-likeness (QED) is 0.740. The zero-order chi connectivity index (χ0) is 12.9. The summed E-state index contributed by atoms with van der Waals surface area (Å²) in [6.07, 6.45) is 6.28. The van der Waals surface area contributed by atoms with Crippen molar-refractivity contribution in [1.29, 1.82) is 0 Å². The molecule has 0 bridgehead atoms. The third kappa shape index (κ3) is 4.48. The molecule has 1 fully saturated rings. The van der Waals surface area contributed by atoms with Gasteiger partial charge < -0.3 is 5.11 Å². The molecule has 102 valence electrons. The second-order valence-electron chi connectivity index (χ2n) is 6.75. The molecule has 0 saturated heterocycles. The lowest BCUT2D eigenvalue weighted by molar-refractivity contribution is 0.0348. The van der Waals surface area contributed by atoms with E-state index in [0.717, 1.165) is 5.92 Å². The first-order chi connectivity index (χ1) is 7.93. The molecule has 17 heavy (non-hydrogen) atoms. The van der Waals surface area contributed by atoms with E-state index in [0.29, 0.717) is 12.0 Å². The summed E-state index contributed by atoms with van der Waals surface area (Å²) in [6.45, 7) is 9.69. The molecule has 0 aliphatic heterocycles. The monoisotopic (exact) mass is 258 g/mol. The van der Waals surface area contributed by atoms with Crippen LogP contribution in [0.4, 0.5) is 0 Å². The van der Waals surface area contributed by atoms with E-state index in [1.807, 2.05) is 11.8 Å². The highest BCUT2D eigenvalue weighted by Gasteiger charge is 2.37. The molecule has 1 saturated carbocycles. The maximum Gasteiger partial charge on any atom is 0.0487 e. The van der Waals surface area contributed by atoms with Crippen LogP contribution in [0.25, 0.3) is 0 Å². The van der Waals surface area contributed by atoms with E-state index in [1.165, 1.54) is 43.6 Å². The Morgan fingerprint density at radius 3 is 2.24 bits per heavy atom. The van der Waals surface area contributed by atoms with Crippen LogP contribution < -0.4 is 0 Å². The summed E-state index contributed by atoms with van der Waals surface area (Å²) in [5.74, 6) is 3.27. The first-order valence-electron chi connectivity index (χ1n) is 7.12. The highest BCUT2D eigenvalue weighted by Crippen LogP contribution is 2.47. The molecule has 1 aliphatic rings. The predicted octanol–water partition coefficient (Wildman–Crippen LogP) is 4.34. The smallest absolute Gasteiger partial charge is 0.0487 e. The Balaban J connectivity index is 2.45. The minimum Gasteiger partial charge on any atom is -0.396 e. The van der Waals surface area contributed by atoms with E-state index >= 15 is 0 Å². The standard InChI is InChI=1S/C15H30OS/c1-5-17-11-10-15(12-16)8-6-13(7-9-15)14(2,3)4/h13,16H,5-12H2,1-4H3. The average Bonchev–Trinajstić information content (AvgIpc) is 2.29. The van der Waals surface area contributed by atoms with Gasteiger partial charge in [0.2, 0.25) is 0 Å². The Morgan fingerprint density at radius 2 is 1.82 bits per heavy atom. The van der Waals surface area contributed by atoms with Gasteiger partial charge in [-0.1, -0.05) is 27.7 Å². The van der Waals surface area contributed by atoms with Crippen molar-refractivity contribution in [3.63, 3.8) is 0 Å². The normalized spacial score (nSPS) is 30.5. The van der Waals surface area contributed by atoms with Crippen LogP contribution in [0.3, 0.4) is 0 Å². The molecular weight excluding hydrogens is 228 g/mol. The lowest BCUT2D eigenvalue weighted by Crippen LogP contribution is -2.35. The molecule has 1 N–H and O–H groups in total. The summed E-state index contributed by atoms with van der Waals surface area (Å²) in [4.78, 5) is 0. The summed E-state index contributed by atoms with van der Waals surface area (Å²) >= 11 is 2.01. The van der Waals surface area contributed by atoms with Gasteiger partial charge in [-0.15, -0.1) is 0 Å². The van der Waals surface area contributed by atoms with E-state index in [4.69, 9.17) is 0 Å². The van der Waals surface area contributed by atoms with Crippen molar-refractivity contribution in [2.75, 3.05) is 18.1 Å². The van der Waals surface area contributed by atoms with E-state index in [1.54, 1.807) is 0 Å². The van der Waals surface area contributed by atoms with Crippen LogP contribution in [-0.2, 0) is 0 Å². The maximum absolute atomic E-state index is 9.72. The van der Waals surface area contributed by atoms with Gasteiger partial charge in [0.25, 0.3) is 0 Å². The van der Waals surface area contributed by atoms with Gasteiger partial charge in [-0.05, 0) is 60.4 Å². The van der Waals surface area contributed by atoms with Crippen LogP contribution in [0.2, 0.25) is 0 Å². The molecule has 2 heteroatoms. The number of aliphatic hydroxyl groups is 1. The molecule has 0 aromatic rings. The van der Waals surface area contributed by atoms with Crippen molar-refractivity contribution in [3.8, 4) is 0 Å². The van der Waals surface area contributed by atoms with Crippen molar-refractivity contribution in [2.24, 2.45) is 16.7 Å². The van der Waals surface area contributed by atoms with Crippen molar-refractivity contribution < 1.29 is 5.11 Å². The molecule has 1 aliphatic carbocycles. The highest BCUT2D eigenvalue weighted by atomic mass is 32.2. The van der Waals surface area contributed by atoms with Gasteiger partial charge in [-0.3, -0.25) is 0 Å². The van der Waals surface area contributed by atoms with Crippen molar-refractivity contribution >= 4 is 11.8 Å². The lowest BCUT2D eigenvalue weighted by Gasteiger charge is -2.43. The third-order valence-corrected chi connectivity index (χ3v) is 5.49. The van der Waals surface area contributed by atoms with Gasteiger partial charge in [-0.2, -0.15) is 11.8 Å². The summed E-state index contributed by atoms with van der Waals surface area (Å²) < 4.78 is 0. The first kappa shape index (κ1) is 15.4. The summed E-state index contributed by atoms with van der Waals surface area (Å²) in [7, 11) is 0. The van der Waals surface area contributed by atoms with Crippen LogP contribution >= 0.6 is 11.8 Å². The minimum atomic E-state index is 0.254. The molecule has 0 spiro atoms. The second-order valence-corrected chi connectivity index (χ2v) is 8.14. The molecule has 0 radical (unpaired) electrons. The van der Waals surface area contributed by atoms with E-state index in [2.05, 4.69) is 27.7 Å². The minimum absolute atomic E-state index is 0.254. The zero-order valence-corrected chi connectivity index (χ0v) is 12.9. The lowest BCUT2D eigenvalue weighted by atomic mass is 9.63. The van der Waals surface area contributed by atoms with E-state index in [-0.39, 0.29) is 5.41 Å². The second kappa shape index (κ2) is 6.47. The molecule has 0 heterocycles. The van der Waals surface area contributed by atoms with Crippen molar-refractivity contribution in [2.45, 2.75) is 59.8 Å². The number of rotatable bonds is 5. The van der Waals surface area contributed by atoms with Gasteiger partial charge in [0.1, 0.15) is 0 Å². The SMILES string of the molecule is CCSCCC1(CO)CCC(C(C)(C)C)CC1. The van der Waals surface area contributed by atoms with Crippen LogP contribution in [0.5, 0.6) is 0 Å². The van der Waals surface area contributed by atoms with Gasteiger partial charge in [0.05, 0.1) is 0 Å². The number of aliphatic hydroxyl groups excluding tert-OH is 1. The highest BCUT2D eigenvalue weighted by molar-refractivity contribution is 7.99.